The predicted octanol–water partition coefficient (Wildman–Crippen LogP) is 7.86. The quantitative estimate of drug-likeness (QED) is 0.0996. The zero-order chi connectivity index (χ0) is 39.0. The molecule has 1 aliphatic rings. The maximum atomic E-state index is 14.4. The predicted molar refractivity (Wildman–Crippen MR) is 201 cm³/mol. The molecule has 1 fully saturated rings. The number of para-hydroxylation sites is 2. The highest BCUT2D eigenvalue weighted by Crippen LogP contribution is 2.49. The topological polar surface area (TPSA) is 160 Å². The summed E-state index contributed by atoms with van der Waals surface area (Å²) in [6.07, 6.45) is 2.90. The van der Waals surface area contributed by atoms with E-state index in [0.29, 0.717) is 45.6 Å². The molecule has 12 heteroatoms. The van der Waals surface area contributed by atoms with E-state index >= 15 is 0 Å². The van der Waals surface area contributed by atoms with Gasteiger partial charge in [-0.3, -0.25) is 19.2 Å². The number of benzene rings is 4. The van der Waals surface area contributed by atoms with Crippen molar-refractivity contribution in [1.82, 2.24) is 9.80 Å². The molecule has 1 aliphatic carbocycles. The van der Waals surface area contributed by atoms with Gasteiger partial charge in [-0.05, 0) is 83.9 Å². The molecule has 0 aliphatic heterocycles. The molecule has 0 unspecified atom stereocenters. The summed E-state index contributed by atoms with van der Waals surface area (Å²) in [5.41, 5.74) is 1.36. The summed E-state index contributed by atoms with van der Waals surface area (Å²) in [6.45, 7) is -0.103. The standard InChI is InChI=1S/C44H38N2O10/c47-41(45(27-35-13-7-23-53-35)25-29-15-19-33(20-16-29)55-31-9-3-1-4-10-31)37-39(43(49)50)38(40(37)44(51)52)42(48)46(28-36-14-8-24-54-36)26-30-17-21-34(22-18-30)56-32-11-5-2-6-12-32/h1-24,37-40H,25-28H2,(H,49,50)(H,51,52)/t37-,38-,39-,40-. The minimum Gasteiger partial charge on any atom is -0.481 e. The van der Waals surface area contributed by atoms with Crippen molar-refractivity contribution in [3.63, 3.8) is 0 Å². The summed E-state index contributed by atoms with van der Waals surface area (Å²) in [7, 11) is 0. The Morgan fingerprint density at radius 2 is 0.804 bits per heavy atom. The lowest BCUT2D eigenvalue weighted by Crippen LogP contribution is -2.64. The molecule has 2 heterocycles. The monoisotopic (exact) mass is 754 g/mol. The molecule has 2 N–H and O–H groups in total. The van der Waals surface area contributed by atoms with Gasteiger partial charge in [0.2, 0.25) is 11.8 Å². The second kappa shape index (κ2) is 16.9. The van der Waals surface area contributed by atoms with Crippen molar-refractivity contribution < 1.29 is 47.7 Å². The highest BCUT2D eigenvalue weighted by molar-refractivity contribution is 5.99. The van der Waals surface area contributed by atoms with E-state index in [9.17, 15) is 29.4 Å². The Labute approximate surface area is 322 Å². The Bertz CT molecular complexity index is 2050. The van der Waals surface area contributed by atoms with Gasteiger partial charge >= 0.3 is 11.9 Å². The lowest BCUT2D eigenvalue weighted by molar-refractivity contribution is -0.188. The summed E-state index contributed by atoms with van der Waals surface area (Å²) in [6, 6.07) is 39.2. The minimum absolute atomic E-state index is 0.00748. The van der Waals surface area contributed by atoms with Gasteiger partial charge in [0.15, 0.2) is 0 Å². The number of amides is 2. The van der Waals surface area contributed by atoms with Crippen LogP contribution in [-0.4, -0.2) is 43.8 Å². The number of hydrogen-bond acceptors (Lipinski definition) is 8. The molecule has 12 nitrogen and oxygen atoms in total. The van der Waals surface area contributed by atoms with Gasteiger partial charge in [0.1, 0.15) is 34.5 Å². The van der Waals surface area contributed by atoms with Crippen LogP contribution in [0.5, 0.6) is 23.0 Å². The van der Waals surface area contributed by atoms with Gasteiger partial charge in [0.05, 0.1) is 49.3 Å². The van der Waals surface area contributed by atoms with E-state index in [-0.39, 0.29) is 26.2 Å². The van der Waals surface area contributed by atoms with Gasteiger partial charge in [-0.15, -0.1) is 0 Å². The molecule has 0 bridgehead atoms. The van der Waals surface area contributed by atoms with Crippen molar-refractivity contribution in [2.45, 2.75) is 26.2 Å². The zero-order valence-electron chi connectivity index (χ0n) is 30.0. The van der Waals surface area contributed by atoms with Crippen molar-refractivity contribution in [2.75, 3.05) is 0 Å². The summed E-state index contributed by atoms with van der Waals surface area (Å²) >= 11 is 0. The number of carboxylic acid groups (broad SMARTS) is 2. The van der Waals surface area contributed by atoms with E-state index in [1.165, 1.54) is 22.3 Å². The molecular weight excluding hydrogens is 716 g/mol. The van der Waals surface area contributed by atoms with Crippen molar-refractivity contribution in [3.05, 3.63) is 169 Å². The molecule has 4 aromatic carbocycles. The Hall–Kier alpha value is -7.08. The zero-order valence-corrected chi connectivity index (χ0v) is 30.0. The number of hydrogen-bond donors (Lipinski definition) is 2. The van der Waals surface area contributed by atoms with Gasteiger partial charge in [-0.25, -0.2) is 0 Å². The molecule has 0 spiro atoms. The Morgan fingerprint density at radius 3 is 1.12 bits per heavy atom. The van der Waals surface area contributed by atoms with Crippen molar-refractivity contribution in [3.8, 4) is 23.0 Å². The third-order valence-corrected chi connectivity index (χ3v) is 9.72. The average molecular weight is 755 g/mol. The third kappa shape index (κ3) is 8.65. The first-order chi connectivity index (χ1) is 27.2. The van der Waals surface area contributed by atoms with Crippen molar-refractivity contribution in [2.24, 2.45) is 23.7 Å². The first kappa shape index (κ1) is 37.2. The van der Waals surface area contributed by atoms with E-state index in [1.54, 1.807) is 72.8 Å². The summed E-state index contributed by atoms with van der Waals surface area (Å²) in [5.74, 6) is -7.36. The molecule has 0 atom stereocenters. The number of carboxylic acids is 2. The highest BCUT2D eigenvalue weighted by atomic mass is 16.5. The maximum absolute atomic E-state index is 14.4. The van der Waals surface area contributed by atoms with E-state index in [0.717, 1.165) is 0 Å². The lowest BCUT2D eigenvalue weighted by Gasteiger charge is -2.48. The first-order valence-electron chi connectivity index (χ1n) is 17.9. The molecule has 2 amide bonds. The largest absolute Gasteiger partial charge is 0.481 e. The molecule has 56 heavy (non-hydrogen) atoms. The van der Waals surface area contributed by atoms with Gasteiger partial charge in [0, 0.05) is 13.1 Å². The van der Waals surface area contributed by atoms with Crippen LogP contribution >= 0.6 is 0 Å². The lowest BCUT2D eigenvalue weighted by atomic mass is 9.55. The normalized spacial score (nSPS) is 17.3. The fraction of sp³-hybridized carbons (Fsp3) is 0.182. The average Bonchev–Trinajstić information content (AvgIpc) is 3.91. The number of aliphatic carboxylic acids is 2. The molecule has 284 valence electrons. The van der Waals surface area contributed by atoms with E-state index in [2.05, 4.69) is 0 Å². The van der Waals surface area contributed by atoms with Gasteiger partial charge in [-0.1, -0.05) is 60.7 Å². The van der Waals surface area contributed by atoms with Crippen molar-refractivity contribution in [1.29, 1.82) is 0 Å². The Kier molecular flexibility index (Phi) is 11.3. The second-order valence-electron chi connectivity index (χ2n) is 13.4. The fourth-order valence-electron chi connectivity index (χ4n) is 7.02. The first-order valence-corrected chi connectivity index (χ1v) is 17.9. The van der Waals surface area contributed by atoms with Gasteiger partial charge in [-0.2, -0.15) is 0 Å². The van der Waals surface area contributed by atoms with Gasteiger partial charge < -0.3 is 38.3 Å². The SMILES string of the molecule is O=C(O)[C@H]1[C@H](C(=O)N(Cc2ccc(Oc3ccccc3)cc2)Cc2ccco2)[C@H](C(=O)O)[C@H]1C(=O)N(Cc1ccc(Oc2ccccc2)cc1)Cc1ccco1. The molecule has 0 saturated heterocycles. The fourth-order valence-corrected chi connectivity index (χ4v) is 7.02. The number of ether oxygens (including phenoxy) is 2. The van der Waals surface area contributed by atoms with Crippen LogP contribution in [-0.2, 0) is 45.4 Å². The number of rotatable bonds is 16. The number of carbonyl (C=O) groups excluding carboxylic acids is 2. The van der Waals surface area contributed by atoms with Crippen LogP contribution in [0.25, 0.3) is 0 Å². The number of carbonyl (C=O) groups is 4. The summed E-state index contributed by atoms with van der Waals surface area (Å²) in [4.78, 5) is 57.5. The van der Waals surface area contributed by atoms with Crippen LogP contribution < -0.4 is 9.47 Å². The van der Waals surface area contributed by atoms with E-state index in [1.807, 2.05) is 60.7 Å². The molecular formula is C44H38N2O10. The smallest absolute Gasteiger partial charge is 0.308 e. The number of furan rings is 2. The van der Waals surface area contributed by atoms with Crippen LogP contribution in [0.4, 0.5) is 0 Å². The van der Waals surface area contributed by atoms with Crippen molar-refractivity contribution >= 4 is 23.8 Å². The molecule has 2 aromatic heterocycles. The molecule has 0 radical (unpaired) electrons. The number of nitrogens with zero attached hydrogens (tertiary/aromatic N) is 2. The van der Waals surface area contributed by atoms with Gasteiger partial charge in [0.25, 0.3) is 0 Å². The van der Waals surface area contributed by atoms with E-state index in [4.69, 9.17) is 18.3 Å². The molecule has 7 rings (SSSR count). The minimum atomic E-state index is -1.61. The Morgan fingerprint density at radius 1 is 0.446 bits per heavy atom. The Balaban J connectivity index is 1.12. The van der Waals surface area contributed by atoms with Crippen LogP contribution in [0.15, 0.2) is 155 Å². The van der Waals surface area contributed by atoms with E-state index < -0.39 is 47.4 Å². The summed E-state index contributed by atoms with van der Waals surface area (Å²) < 4.78 is 22.8. The van der Waals surface area contributed by atoms with Crippen LogP contribution in [0, 0.1) is 23.7 Å². The van der Waals surface area contributed by atoms with Crippen LogP contribution in [0.2, 0.25) is 0 Å². The summed E-state index contributed by atoms with van der Waals surface area (Å²) in [5, 5.41) is 21.1. The highest BCUT2D eigenvalue weighted by Gasteiger charge is 2.65. The molecule has 6 aromatic rings. The second-order valence-corrected chi connectivity index (χ2v) is 13.4. The van der Waals surface area contributed by atoms with Crippen LogP contribution in [0.3, 0.4) is 0 Å². The maximum Gasteiger partial charge on any atom is 0.308 e. The third-order valence-electron chi connectivity index (χ3n) is 9.72. The molecule has 1 saturated carbocycles. The van der Waals surface area contributed by atoms with Crippen LogP contribution in [0.1, 0.15) is 22.6 Å².